The maximum absolute atomic E-state index is 11.1. The standard InChI is InChI=1S/C17H25N3O/c18-17(21)15-7-5-14(6-8-15)12-19-9-3-4-16(13-19)20-10-1-2-11-20/h5-8,16H,1-4,9-13H2,(H2,18,21)/t16-/m0/s1. The number of benzene rings is 1. The van der Waals surface area contributed by atoms with E-state index < -0.39 is 0 Å². The second kappa shape index (κ2) is 6.58. The molecule has 0 aliphatic carbocycles. The monoisotopic (exact) mass is 287 g/mol. The molecule has 4 nitrogen and oxygen atoms in total. The first-order valence-electron chi connectivity index (χ1n) is 8.07. The summed E-state index contributed by atoms with van der Waals surface area (Å²) in [5, 5.41) is 0. The van der Waals surface area contributed by atoms with E-state index >= 15 is 0 Å². The molecule has 0 spiro atoms. The Labute approximate surface area is 126 Å². The van der Waals surface area contributed by atoms with Gasteiger partial charge in [-0.05, 0) is 63.0 Å². The van der Waals surface area contributed by atoms with Crippen LogP contribution in [-0.4, -0.2) is 47.9 Å². The number of primary amides is 1. The van der Waals surface area contributed by atoms with Gasteiger partial charge >= 0.3 is 0 Å². The van der Waals surface area contributed by atoms with Gasteiger partial charge in [0.25, 0.3) is 0 Å². The molecule has 1 amide bonds. The number of hydrogen-bond donors (Lipinski definition) is 1. The van der Waals surface area contributed by atoms with E-state index in [2.05, 4.69) is 9.80 Å². The SMILES string of the molecule is NC(=O)c1ccc(CN2CCC[C@H](N3CCCC3)C2)cc1. The van der Waals surface area contributed by atoms with Gasteiger partial charge in [-0.1, -0.05) is 12.1 Å². The summed E-state index contributed by atoms with van der Waals surface area (Å²) in [6.45, 7) is 5.90. The van der Waals surface area contributed by atoms with Crippen molar-refractivity contribution in [3.05, 3.63) is 35.4 Å². The van der Waals surface area contributed by atoms with Crippen molar-refractivity contribution in [3.8, 4) is 0 Å². The molecule has 1 aromatic rings. The molecular formula is C17H25N3O. The lowest BCUT2D eigenvalue weighted by Crippen LogP contribution is -2.46. The Morgan fingerprint density at radius 3 is 2.48 bits per heavy atom. The second-order valence-corrected chi connectivity index (χ2v) is 6.34. The molecule has 21 heavy (non-hydrogen) atoms. The molecule has 1 aromatic carbocycles. The Morgan fingerprint density at radius 1 is 1.10 bits per heavy atom. The van der Waals surface area contributed by atoms with Crippen LogP contribution in [-0.2, 0) is 6.54 Å². The Morgan fingerprint density at radius 2 is 1.81 bits per heavy atom. The zero-order valence-corrected chi connectivity index (χ0v) is 12.6. The van der Waals surface area contributed by atoms with Gasteiger partial charge in [0.15, 0.2) is 0 Å². The lowest BCUT2D eigenvalue weighted by atomic mass is 10.0. The van der Waals surface area contributed by atoms with Crippen molar-refractivity contribution in [3.63, 3.8) is 0 Å². The van der Waals surface area contributed by atoms with Crippen LogP contribution in [0.15, 0.2) is 24.3 Å². The van der Waals surface area contributed by atoms with Crippen molar-refractivity contribution in [2.75, 3.05) is 26.2 Å². The van der Waals surface area contributed by atoms with E-state index in [4.69, 9.17) is 5.73 Å². The molecule has 2 saturated heterocycles. The number of piperidine rings is 1. The predicted molar refractivity (Wildman–Crippen MR) is 84.1 cm³/mol. The van der Waals surface area contributed by atoms with Gasteiger partial charge in [0.2, 0.25) is 5.91 Å². The van der Waals surface area contributed by atoms with Crippen LogP contribution in [0, 0.1) is 0 Å². The molecule has 3 rings (SSSR count). The van der Waals surface area contributed by atoms with Crippen LogP contribution >= 0.6 is 0 Å². The molecular weight excluding hydrogens is 262 g/mol. The summed E-state index contributed by atoms with van der Waals surface area (Å²) in [6.07, 6.45) is 5.37. The number of carbonyl (C=O) groups is 1. The summed E-state index contributed by atoms with van der Waals surface area (Å²) >= 11 is 0. The van der Waals surface area contributed by atoms with Gasteiger partial charge in [0.1, 0.15) is 0 Å². The van der Waals surface area contributed by atoms with Gasteiger partial charge in [0, 0.05) is 24.7 Å². The van der Waals surface area contributed by atoms with Crippen LogP contribution in [0.25, 0.3) is 0 Å². The minimum Gasteiger partial charge on any atom is -0.366 e. The molecule has 2 aliphatic heterocycles. The smallest absolute Gasteiger partial charge is 0.248 e. The minimum absolute atomic E-state index is 0.353. The highest BCUT2D eigenvalue weighted by molar-refractivity contribution is 5.92. The average Bonchev–Trinajstić information content (AvgIpc) is 3.02. The molecule has 2 heterocycles. The zero-order chi connectivity index (χ0) is 14.7. The van der Waals surface area contributed by atoms with Gasteiger partial charge in [-0.15, -0.1) is 0 Å². The fourth-order valence-electron chi connectivity index (χ4n) is 3.61. The van der Waals surface area contributed by atoms with Gasteiger partial charge in [-0.3, -0.25) is 14.6 Å². The van der Waals surface area contributed by atoms with Crippen LogP contribution < -0.4 is 5.73 Å². The predicted octanol–water partition coefficient (Wildman–Crippen LogP) is 1.85. The molecule has 2 aliphatic rings. The third-order valence-corrected chi connectivity index (χ3v) is 4.78. The fourth-order valence-corrected chi connectivity index (χ4v) is 3.61. The van der Waals surface area contributed by atoms with E-state index in [0.29, 0.717) is 5.56 Å². The number of amides is 1. The first-order valence-corrected chi connectivity index (χ1v) is 8.07. The minimum atomic E-state index is -0.353. The number of carbonyl (C=O) groups excluding carboxylic acids is 1. The van der Waals surface area contributed by atoms with E-state index in [1.807, 2.05) is 24.3 Å². The normalized spacial score (nSPS) is 24.3. The maximum atomic E-state index is 11.1. The highest BCUT2D eigenvalue weighted by Crippen LogP contribution is 2.21. The van der Waals surface area contributed by atoms with Gasteiger partial charge in [-0.2, -0.15) is 0 Å². The van der Waals surface area contributed by atoms with E-state index in [0.717, 1.165) is 12.6 Å². The topological polar surface area (TPSA) is 49.6 Å². The van der Waals surface area contributed by atoms with E-state index in [1.165, 1.54) is 57.4 Å². The largest absolute Gasteiger partial charge is 0.366 e. The molecule has 4 heteroatoms. The van der Waals surface area contributed by atoms with Gasteiger partial charge in [0.05, 0.1) is 0 Å². The quantitative estimate of drug-likeness (QED) is 0.919. The molecule has 1 atom stereocenters. The van der Waals surface area contributed by atoms with E-state index in [-0.39, 0.29) is 5.91 Å². The first-order chi connectivity index (χ1) is 10.2. The number of nitrogens with two attached hydrogens (primary N) is 1. The van der Waals surface area contributed by atoms with Crippen molar-refractivity contribution >= 4 is 5.91 Å². The second-order valence-electron chi connectivity index (χ2n) is 6.34. The lowest BCUT2D eigenvalue weighted by molar-refractivity contribution is 0.1000. The van der Waals surface area contributed by atoms with Gasteiger partial charge in [-0.25, -0.2) is 0 Å². The van der Waals surface area contributed by atoms with Crippen LogP contribution in [0.4, 0.5) is 0 Å². The molecule has 2 N–H and O–H groups in total. The number of nitrogens with zero attached hydrogens (tertiary/aromatic N) is 2. The van der Waals surface area contributed by atoms with Crippen molar-refractivity contribution in [2.45, 2.75) is 38.3 Å². The first kappa shape index (κ1) is 14.5. The summed E-state index contributed by atoms with van der Waals surface area (Å²) in [5.41, 5.74) is 7.14. The third-order valence-electron chi connectivity index (χ3n) is 4.78. The summed E-state index contributed by atoms with van der Waals surface area (Å²) < 4.78 is 0. The van der Waals surface area contributed by atoms with Crippen LogP contribution in [0.5, 0.6) is 0 Å². The highest BCUT2D eigenvalue weighted by Gasteiger charge is 2.26. The van der Waals surface area contributed by atoms with Crippen molar-refractivity contribution in [1.29, 1.82) is 0 Å². The highest BCUT2D eigenvalue weighted by atomic mass is 16.1. The summed E-state index contributed by atoms with van der Waals surface area (Å²) in [7, 11) is 0. The number of rotatable bonds is 4. The molecule has 0 unspecified atom stereocenters. The summed E-state index contributed by atoms with van der Waals surface area (Å²) in [6, 6.07) is 8.46. The van der Waals surface area contributed by atoms with E-state index in [1.54, 1.807) is 0 Å². The van der Waals surface area contributed by atoms with Crippen LogP contribution in [0.3, 0.4) is 0 Å². The van der Waals surface area contributed by atoms with Gasteiger partial charge < -0.3 is 5.73 Å². The Bertz CT molecular complexity index is 479. The Hall–Kier alpha value is -1.39. The van der Waals surface area contributed by atoms with Crippen molar-refractivity contribution in [1.82, 2.24) is 9.80 Å². The molecule has 0 saturated carbocycles. The number of hydrogen-bond acceptors (Lipinski definition) is 3. The Balaban J connectivity index is 1.57. The molecule has 0 aromatic heterocycles. The number of likely N-dealkylation sites (tertiary alicyclic amines) is 2. The lowest BCUT2D eigenvalue weighted by Gasteiger charge is -2.37. The van der Waals surface area contributed by atoms with Crippen LogP contribution in [0.2, 0.25) is 0 Å². The van der Waals surface area contributed by atoms with Crippen molar-refractivity contribution in [2.24, 2.45) is 5.73 Å². The summed E-state index contributed by atoms with van der Waals surface area (Å²) in [5.74, 6) is -0.353. The molecule has 2 fully saturated rings. The van der Waals surface area contributed by atoms with Crippen LogP contribution in [0.1, 0.15) is 41.6 Å². The average molecular weight is 287 g/mol. The molecule has 0 bridgehead atoms. The molecule has 114 valence electrons. The van der Waals surface area contributed by atoms with E-state index in [9.17, 15) is 4.79 Å². The zero-order valence-electron chi connectivity index (χ0n) is 12.6. The molecule has 0 radical (unpaired) electrons. The summed E-state index contributed by atoms with van der Waals surface area (Å²) in [4.78, 5) is 16.3. The Kier molecular flexibility index (Phi) is 4.56. The van der Waals surface area contributed by atoms with Crippen molar-refractivity contribution < 1.29 is 4.79 Å². The fraction of sp³-hybridized carbons (Fsp3) is 0.588. The maximum Gasteiger partial charge on any atom is 0.248 e. The third kappa shape index (κ3) is 3.63.